The third kappa shape index (κ3) is 6.40. The van der Waals surface area contributed by atoms with E-state index in [-0.39, 0.29) is 23.1 Å². The van der Waals surface area contributed by atoms with Gasteiger partial charge in [0.25, 0.3) is 5.78 Å². The highest BCUT2D eigenvalue weighted by Crippen LogP contribution is 2.45. The van der Waals surface area contributed by atoms with Crippen molar-refractivity contribution < 1.29 is 24.2 Å². The van der Waals surface area contributed by atoms with E-state index in [1.165, 1.54) is 28.0 Å². The monoisotopic (exact) mass is 649 g/mol. The summed E-state index contributed by atoms with van der Waals surface area (Å²) < 4.78 is 12.1. The zero-order valence-electron chi connectivity index (χ0n) is 25.1. The smallest absolute Gasteiger partial charge is 0.301 e. The molecule has 46 heavy (non-hydrogen) atoms. The number of aliphatic hydroxyl groups excluding tert-OH is 1. The molecule has 1 aromatic heterocycles. The Morgan fingerprint density at radius 1 is 0.978 bits per heavy atom. The molecule has 1 atom stereocenters. The predicted molar refractivity (Wildman–Crippen MR) is 183 cm³/mol. The van der Waals surface area contributed by atoms with Crippen LogP contribution in [0.5, 0.6) is 11.5 Å². The standard InChI is InChI=1S/C36H31N3O5S2/c1-3-19-43-27-17-15-24(16-18-27)32(40)30-31(25-11-8-13-28(21-25)44-20-4-2)39(34(42)33(30)41)35-37-38-36(46-35)45-22-26-12-7-10-23-9-5-6-14-29(23)26/h4-18,21,31,40H,2-3,19-20,22H2,1H3/b32-30+. The van der Waals surface area contributed by atoms with E-state index in [2.05, 4.69) is 41.0 Å². The van der Waals surface area contributed by atoms with Gasteiger partial charge in [0.15, 0.2) is 4.34 Å². The van der Waals surface area contributed by atoms with Gasteiger partial charge in [-0.25, -0.2) is 0 Å². The summed E-state index contributed by atoms with van der Waals surface area (Å²) in [5.74, 6) is -0.0759. The number of anilines is 1. The van der Waals surface area contributed by atoms with Crippen molar-refractivity contribution in [2.75, 3.05) is 18.1 Å². The Bertz CT molecular complexity index is 1930. The van der Waals surface area contributed by atoms with Gasteiger partial charge in [0, 0.05) is 11.3 Å². The number of nitrogens with zero attached hydrogens (tertiary/aromatic N) is 3. The van der Waals surface area contributed by atoms with Crippen LogP contribution in [0.1, 0.15) is 36.1 Å². The van der Waals surface area contributed by atoms with E-state index in [1.807, 2.05) is 25.1 Å². The Balaban J connectivity index is 1.36. The molecule has 4 aromatic carbocycles. The summed E-state index contributed by atoms with van der Waals surface area (Å²) in [7, 11) is 0. The number of aliphatic hydroxyl groups is 1. The third-order valence-corrected chi connectivity index (χ3v) is 9.52. The van der Waals surface area contributed by atoms with Crippen LogP contribution in [-0.4, -0.2) is 40.2 Å². The number of hydrogen-bond donors (Lipinski definition) is 1. The second-order valence-corrected chi connectivity index (χ2v) is 12.7. The van der Waals surface area contributed by atoms with Crippen LogP contribution in [0.4, 0.5) is 5.13 Å². The molecular weight excluding hydrogens is 619 g/mol. The molecule has 6 rings (SSSR count). The zero-order chi connectivity index (χ0) is 32.0. The maximum absolute atomic E-state index is 13.7. The second-order valence-electron chi connectivity index (χ2n) is 10.5. The van der Waals surface area contributed by atoms with E-state index in [0.717, 1.165) is 22.8 Å². The highest BCUT2D eigenvalue weighted by Gasteiger charge is 2.48. The molecule has 1 aliphatic heterocycles. The Morgan fingerprint density at radius 2 is 1.76 bits per heavy atom. The molecule has 1 aliphatic rings. The maximum Gasteiger partial charge on any atom is 0.301 e. The van der Waals surface area contributed by atoms with Crippen molar-refractivity contribution in [2.24, 2.45) is 0 Å². The number of hydrogen-bond acceptors (Lipinski definition) is 9. The molecule has 0 aliphatic carbocycles. The lowest BCUT2D eigenvalue weighted by Crippen LogP contribution is -2.29. The number of aromatic nitrogens is 2. The van der Waals surface area contributed by atoms with Gasteiger partial charge >= 0.3 is 5.91 Å². The van der Waals surface area contributed by atoms with Crippen LogP contribution in [0.25, 0.3) is 16.5 Å². The third-order valence-electron chi connectivity index (χ3n) is 7.42. The summed E-state index contributed by atoms with van der Waals surface area (Å²) >= 11 is 2.73. The molecule has 1 amide bonds. The highest BCUT2D eigenvalue weighted by molar-refractivity contribution is 8.00. The summed E-state index contributed by atoms with van der Waals surface area (Å²) in [5.41, 5.74) is 2.07. The minimum Gasteiger partial charge on any atom is -0.507 e. The van der Waals surface area contributed by atoms with Gasteiger partial charge in [-0.2, -0.15) is 0 Å². The number of carbonyl (C=O) groups excluding carboxylic acids is 2. The molecule has 0 bridgehead atoms. The van der Waals surface area contributed by atoms with Gasteiger partial charge in [0.05, 0.1) is 18.2 Å². The fraction of sp³-hybridized carbons (Fsp3) is 0.167. The molecular formula is C36H31N3O5S2. The number of thioether (sulfide) groups is 1. The van der Waals surface area contributed by atoms with Crippen LogP contribution in [0.15, 0.2) is 114 Å². The van der Waals surface area contributed by atoms with Gasteiger partial charge in [0.1, 0.15) is 23.9 Å². The Morgan fingerprint density at radius 3 is 2.57 bits per heavy atom. The summed E-state index contributed by atoms with van der Waals surface area (Å²) in [5, 5.41) is 22.8. The molecule has 10 heteroatoms. The second kappa shape index (κ2) is 14.0. The number of rotatable bonds is 12. The van der Waals surface area contributed by atoms with Crippen molar-refractivity contribution in [2.45, 2.75) is 29.5 Å². The van der Waals surface area contributed by atoms with Crippen molar-refractivity contribution >= 4 is 56.5 Å². The number of benzene rings is 4. The number of fused-ring (bicyclic) bond motifs is 1. The van der Waals surface area contributed by atoms with E-state index in [1.54, 1.807) is 54.6 Å². The van der Waals surface area contributed by atoms with Crippen LogP contribution in [0.2, 0.25) is 0 Å². The van der Waals surface area contributed by atoms with Crippen molar-refractivity contribution in [3.05, 3.63) is 126 Å². The van der Waals surface area contributed by atoms with Crippen LogP contribution in [-0.2, 0) is 15.3 Å². The first-order valence-corrected chi connectivity index (χ1v) is 16.6. The Hall–Kier alpha value is -4.93. The Kier molecular flexibility index (Phi) is 9.46. The molecule has 1 fully saturated rings. The summed E-state index contributed by atoms with van der Waals surface area (Å²) in [4.78, 5) is 28.7. The van der Waals surface area contributed by atoms with Gasteiger partial charge in [-0.1, -0.05) is 97.3 Å². The van der Waals surface area contributed by atoms with E-state index in [0.29, 0.717) is 39.3 Å². The van der Waals surface area contributed by atoms with Crippen molar-refractivity contribution in [1.82, 2.24) is 10.2 Å². The molecule has 1 saturated heterocycles. The topological polar surface area (TPSA) is 102 Å². The van der Waals surface area contributed by atoms with Gasteiger partial charge in [0.2, 0.25) is 5.13 Å². The van der Waals surface area contributed by atoms with E-state index in [9.17, 15) is 14.7 Å². The Labute approximate surface area is 275 Å². The molecule has 1 N–H and O–H groups in total. The van der Waals surface area contributed by atoms with E-state index >= 15 is 0 Å². The van der Waals surface area contributed by atoms with Gasteiger partial charge in [-0.15, -0.1) is 10.2 Å². The zero-order valence-corrected chi connectivity index (χ0v) is 26.7. The SMILES string of the molecule is C=CCOc1cccc(C2/C(=C(\O)c3ccc(OCCC)cc3)C(=O)C(=O)N2c2nnc(SCc3cccc4ccccc34)s2)c1. The van der Waals surface area contributed by atoms with Gasteiger partial charge < -0.3 is 14.6 Å². The number of amides is 1. The van der Waals surface area contributed by atoms with Crippen molar-refractivity contribution in [1.29, 1.82) is 0 Å². The van der Waals surface area contributed by atoms with Crippen LogP contribution >= 0.6 is 23.1 Å². The first-order valence-electron chi connectivity index (χ1n) is 14.8. The molecule has 0 spiro atoms. The number of carbonyl (C=O) groups is 2. The molecule has 8 nitrogen and oxygen atoms in total. The van der Waals surface area contributed by atoms with Crippen molar-refractivity contribution in [3.63, 3.8) is 0 Å². The minimum absolute atomic E-state index is 0.0479. The van der Waals surface area contributed by atoms with Gasteiger partial charge in [-0.05, 0) is 64.7 Å². The largest absolute Gasteiger partial charge is 0.507 e. The fourth-order valence-electron chi connectivity index (χ4n) is 5.28. The average Bonchev–Trinajstić information content (AvgIpc) is 3.66. The highest BCUT2D eigenvalue weighted by atomic mass is 32.2. The van der Waals surface area contributed by atoms with Crippen LogP contribution < -0.4 is 14.4 Å². The quantitative estimate of drug-likeness (QED) is 0.0363. The molecule has 232 valence electrons. The number of ether oxygens (including phenoxy) is 2. The fourth-order valence-corrected chi connectivity index (χ4v) is 7.15. The first-order chi connectivity index (χ1) is 22.5. The van der Waals surface area contributed by atoms with Crippen LogP contribution in [0, 0.1) is 0 Å². The number of ketones is 1. The van der Waals surface area contributed by atoms with E-state index < -0.39 is 17.7 Å². The first kappa shape index (κ1) is 31.1. The average molecular weight is 650 g/mol. The molecule has 1 unspecified atom stereocenters. The summed E-state index contributed by atoms with van der Waals surface area (Å²) in [6.07, 6.45) is 2.49. The molecule has 0 radical (unpaired) electrons. The summed E-state index contributed by atoms with van der Waals surface area (Å²) in [6.45, 7) is 6.56. The number of Topliss-reactive ketones (excluding diaryl/α,β-unsaturated/α-hetero) is 1. The summed E-state index contributed by atoms with van der Waals surface area (Å²) in [6, 6.07) is 27.3. The van der Waals surface area contributed by atoms with E-state index in [4.69, 9.17) is 9.47 Å². The maximum atomic E-state index is 13.7. The molecule has 2 heterocycles. The molecule has 0 saturated carbocycles. The molecule has 5 aromatic rings. The normalized spacial score (nSPS) is 15.8. The van der Waals surface area contributed by atoms with Crippen LogP contribution in [0.3, 0.4) is 0 Å². The lowest BCUT2D eigenvalue weighted by atomic mass is 9.95. The predicted octanol–water partition coefficient (Wildman–Crippen LogP) is 7.96. The minimum atomic E-state index is -0.966. The van der Waals surface area contributed by atoms with Crippen molar-refractivity contribution in [3.8, 4) is 11.5 Å². The lowest BCUT2D eigenvalue weighted by Gasteiger charge is -2.23. The lowest BCUT2D eigenvalue weighted by molar-refractivity contribution is -0.132. The van der Waals surface area contributed by atoms with Gasteiger partial charge in [-0.3, -0.25) is 14.5 Å².